The van der Waals surface area contributed by atoms with Crippen molar-refractivity contribution in [1.82, 2.24) is 4.90 Å². The van der Waals surface area contributed by atoms with Crippen molar-refractivity contribution < 1.29 is 4.42 Å². The number of piperidine rings is 1. The summed E-state index contributed by atoms with van der Waals surface area (Å²) in [6.07, 6.45) is 4.10. The lowest BCUT2D eigenvalue weighted by Gasteiger charge is -2.29. The van der Waals surface area contributed by atoms with Gasteiger partial charge in [0.2, 0.25) is 0 Å². The molecule has 90 valence electrons. The van der Waals surface area contributed by atoms with Crippen molar-refractivity contribution >= 4 is 11.0 Å². The van der Waals surface area contributed by atoms with E-state index < -0.39 is 0 Å². The third kappa shape index (κ3) is 2.21. The second-order valence-electron chi connectivity index (χ2n) is 4.87. The molecule has 0 unspecified atom stereocenters. The molecular formula is C14H18N2O. The fourth-order valence-electron chi connectivity index (χ4n) is 2.51. The highest BCUT2D eigenvalue weighted by Gasteiger charge is 2.17. The summed E-state index contributed by atoms with van der Waals surface area (Å²) in [5.74, 6) is 0. The highest BCUT2D eigenvalue weighted by Crippen LogP contribution is 2.23. The van der Waals surface area contributed by atoms with Gasteiger partial charge in [0.1, 0.15) is 5.58 Å². The summed E-state index contributed by atoms with van der Waals surface area (Å²) >= 11 is 0. The molecule has 1 aliphatic rings. The van der Waals surface area contributed by atoms with Gasteiger partial charge in [-0.05, 0) is 32.0 Å². The second-order valence-corrected chi connectivity index (χ2v) is 4.87. The van der Waals surface area contributed by atoms with Gasteiger partial charge in [0.15, 0.2) is 0 Å². The SMILES string of the molecule is NC1CCN(Cc2coc3ccccc23)CC1. The molecule has 17 heavy (non-hydrogen) atoms. The van der Waals surface area contributed by atoms with Crippen molar-refractivity contribution in [1.29, 1.82) is 0 Å². The third-order valence-electron chi connectivity index (χ3n) is 3.59. The zero-order chi connectivity index (χ0) is 11.7. The molecule has 3 nitrogen and oxygen atoms in total. The van der Waals surface area contributed by atoms with Gasteiger partial charge < -0.3 is 10.2 Å². The first kappa shape index (κ1) is 10.8. The van der Waals surface area contributed by atoms with Gasteiger partial charge in [-0.2, -0.15) is 0 Å². The maximum Gasteiger partial charge on any atom is 0.134 e. The molecule has 0 atom stereocenters. The summed E-state index contributed by atoms with van der Waals surface area (Å²) in [6.45, 7) is 3.17. The lowest BCUT2D eigenvalue weighted by Crippen LogP contribution is -2.39. The monoisotopic (exact) mass is 230 g/mol. The number of fused-ring (bicyclic) bond motifs is 1. The Hall–Kier alpha value is -1.32. The number of likely N-dealkylation sites (tertiary alicyclic amines) is 1. The number of rotatable bonds is 2. The minimum atomic E-state index is 0.396. The van der Waals surface area contributed by atoms with Crippen LogP contribution in [-0.2, 0) is 6.54 Å². The maximum atomic E-state index is 5.92. The number of nitrogens with zero attached hydrogens (tertiary/aromatic N) is 1. The molecule has 2 aromatic rings. The molecular weight excluding hydrogens is 212 g/mol. The van der Waals surface area contributed by atoms with Crippen LogP contribution in [0.5, 0.6) is 0 Å². The zero-order valence-corrected chi connectivity index (χ0v) is 9.93. The number of hydrogen-bond acceptors (Lipinski definition) is 3. The highest BCUT2D eigenvalue weighted by molar-refractivity contribution is 5.80. The average Bonchev–Trinajstić information content (AvgIpc) is 2.76. The molecule has 0 bridgehead atoms. The minimum Gasteiger partial charge on any atom is -0.464 e. The van der Waals surface area contributed by atoms with Gasteiger partial charge in [0.25, 0.3) is 0 Å². The van der Waals surface area contributed by atoms with Crippen LogP contribution < -0.4 is 5.73 Å². The summed E-state index contributed by atoms with van der Waals surface area (Å²) in [7, 11) is 0. The first-order valence-electron chi connectivity index (χ1n) is 6.26. The first-order chi connectivity index (χ1) is 8.33. The van der Waals surface area contributed by atoms with Crippen molar-refractivity contribution in [3.63, 3.8) is 0 Å². The molecule has 0 aliphatic carbocycles. The van der Waals surface area contributed by atoms with Crippen molar-refractivity contribution in [2.24, 2.45) is 5.73 Å². The number of hydrogen-bond donors (Lipinski definition) is 1. The fourth-order valence-corrected chi connectivity index (χ4v) is 2.51. The van der Waals surface area contributed by atoms with Gasteiger partial charge in [0.05, 0.1) is 6.26 Å². The summed E-state index contributed by atoms with van der Waals surface area (Å²) in [5, 5.41) is 1.24. The first-order valence-corrected chi connectivity index (χ1v) is 6.26. The van der Waals surface area contributed by atoms with E-state index in [-0.39, 0.29) is 0 Å². The van der Waals surface area contributed by atoms with Crippen LogP contribution in [-0.4, -0.2) is 24.0 Å². The number of furan rings is 1. The van der Waals surface area contributed by atoms with Gasteiger partial charge in [-0.3, -0.25) is 4.90 Å². The van der Waals surface area contributed by atoms with E-state index >= 15 is 0 Å². The van der Waals surface area contributed by atoms with Crippen molar-refractivity contribution in [3.8, 4) is 0 Å². The van der Waals surface area contributed by atoms with Crippen molar-refractivity contribution in [2.75, 3.05) is 13.1 Å². The van der Waals surface area contributed by atoms with E-state index in [1.54, 1.807) is 0 Å². The molecule has 1 aliphatic heterocycles. The van der Waals surface area contributed by atoms with Crippen LogP contribution in [0.15, 0.2) is 34.9 Å². The van der Waals surface area contributed by atoms with E-state index in [1.165, 1.54) is 10.9 Å². The molecule has 0 saturated carbocycles. The van der Waals surface area contributed by atoms with Crippen LogP contribution in [0, 0.1) is 0 Å². The molecule has 2 N–H and O–H groups in total. The molecule has 1 fully saturated rings. The van der Waals surface area contributed by atoms with E-state index in [9.17, 15) is 0 Å². The molecule has 1 aromatic heterocycles. The van der Waals surface area contributed by atoms with E-state index in [4.69, 9.17) is 10.2 Å². The van der Waals surface area contributed by atoms with E-state index in [0.717, 1.165) is 38.1 Å². The van der Waals surface area contributed by atoms with E-state index in [0.29, 0.717) is 6.04 Å². The van der Waals surface area contributed by atoms with Crippen LogP contribution in [0.1, 0.15) is 18.4 Å². The summed E-state index contributed by atoms with van der Waals surface area (Å²) in [4.78, 5) is 2.46. The van der Waals surface area contributed by atoms with Crippen LogP contribution >= 0.6 is 0 Å². The van der Waals surface area contributed by atoms with Gasteiger partial charge in [-0.1, -0.05) is 18.2 Å². The predicted octanol–water partition coefficient (Wildman–Crippen LogP) is 2.36. The standard InChI is InChI=1S/C14H18N2O/c15-12-5-7-16(8-6-12)9-11-10-17-14-4-2-1-3-13(11)14/h1-4,10,12H,5-9,15H2. The molecule has 0 amide bonds. The Bertz CT molecular complexity index is 498. The normalized spacial score (nSPS) is 18.9. The molecule has 3 heteroatoms. The van der Waals surface area contributed by atoms with Gasteiger partial charge in [-0.15, -0.1) is 0 Å². The second kappa shape index (κ2) is 4.51. The van der Waals surface area contributed by atoms with Gasteiger partial charge >= 0.3 is 0 Å². The Morgan fingerprint density at radius 2 is 2.00 bits per heavy atom. The lowest BCUT2D eigenvalue weighted by atomic mass is 10.1. The molecule has 1 saturated heterocycles. The fraction of sp³-hybridized carbons (Fsp3) is 0.429. The molecule has 0 spiro atoms. The summed E-state index contributed by atoms with van der Waals surface area (Å²) in [5.41, 5.74) is 8.19. The Morgan fingerprint density at radius 3 is 2.82 bits per heavy atom. The molecule has 0 radical (unpaired) electrons. The topological polar surface area (TPSA) is 42.4 Å². The largest absolute Gasteiger partial charge is 0.464 e. The minimum absolute atomic E-state index is 0.396. The number of nitrogens with two attached hydrogens (primary N) is 1. The van der Waals surface area contributed by atoms with Crippen LogP contribution in [0.25, 0.3) is 11.0 Å². The number of benzene rings is 1. The predicted molar refractivity (Wildman–Crippen MR) is 68.7 cm³/mol. The van der Waals surface area contributed by atoms with E-state index in [2.05, 4.69) is 17.0 Å². The zero-order valence-electron chi connectivity index (χ0n) is 9.93. The van der Waals surface area contributed by atoms with Gasteiger partial charge in [-0.25, -0.2) is 0 Å². The summed E-state index contributed by atoms with van der Waals surface area (Å²) in [6, 6.07) is 8.62. The van der Waals surface area contributed by atoms with Crippen LogP contribution in [0.4, 0.5) is 0 Å². The number of para-hydroxylation sites is 1. The van der Waals surface area contributed by atoms with E-state index in [1.807, 2.05) is 18.4 Å². The molecule has 2 heterocycles. The quantitative estimate of drug-likeness (QED) is 0.861. The smallest absolute Gasteiger partial charge is 0.134 e. The summed E-state index contributed by atoms with van der Waals surface area (Å²) < 4.78 is 5.56. The average molecular weight is 230 g/mol. The third-order valence-corrected chi connectivity index (χ3v) is 3.59. The Morgan fingerprint density at radius 1 is 1.24 bits per heavy atom. The Labute approximate surface area is 101 Å². The van der Waals surface area contributed by atoms with Gasteiger partial charge in [0, 0.05) is 23.5 Å². The maximum absolute atomic E-state index is 5.92. The Kier molecular flexibility index (Phi) is 2.87. The van der Waals surface area contributed by atoms with Crippen LogP contribution in [0.2, 0.25) is 0 Å². The van der Waals surface area contributed by atoms with Crippen LogP contribution in [0.3, 0.4) is 0 Å². The van der Waals surface area contributed by atoms with Crippen molar-refractivity contribution in [2.45, 2.75) is 25.4 Å². The van der Waals surface area contributed by atoms with Crippen molar-refractivity contribution in [3.05, 3.63) is 36.1 Å². The highest BCUT2D eigenvalue weighted by atomic mass is 16.3. The lowest BCUT2D eigenvalue weighted by molar-refractivity contribution is 0.206. The molecule has 3 rings (SSSR count). The Balaban J connectivity index is 1.76. The molecule has 1 aromatic carbocycles.